The van der Waals surface area contributed by atoms with Crippen LogP contribution in [-0.4, -0.2) is 46.3 Å². The van der Waals surface area contributed by atoms with Gasteiger partial charge < -0.3 is 9.64 Å². The van der Waals surface area contributed by atoms with Crippen molar-refractivity contribution in [2.75, 3.05) is 19.7 Å². The van der Waals surface area contributed by atoms with Crippen LogP contribution in [-0.2, 0) is 16.6 Å². The molecule has 0 unspecified atom stereocenters. The summed E-state index contributed by atoms with van der Waals surface area (Å²) in [6, 6.07) is 2.73. The van der Waals surface area contributed by atoms with Crippen molar-refractivity contribution in [1.82, 2.24) is 14.7 Å². The third-order valence-electron chi connectivity index (χ3n) is 3.51. The van der Waals surface area contributed by atoms with E-state index in [1.165, 1.54) is 19.2 Å². The molecule has 1 atom stereocenters. The molecule has 0 N–H and O–H groups in total. The third-order valence-corrected chi connectivity index (χ3v) is 3.51. The maximum absolute atomic E-state index is 12.4. The SMILES string of the molecule is CCOC(=O)[C@H]1CCCN(C(=O)c2ccc(=O)n(C)n2)C1. The summed E-state index contributed by atoms with van der Waals surface area (Å²) in [7, 11) is 1.50. The highest BCUT2D eigenvalue weighted by Crippen LogP contribution is 2.19. The molecule has 0 aromatic carbocycles. The third kappa shape index (κ3) is 3.48. The van der Waals surface area contributed by atoms with Crippen molar-refractivity contribution in [2.45, 2.75) is 19.8 Å². The highest BCUT2D eigenvalue weighted by Gasteiger charge is 2.30. The summed E-state index contributed by atoms with van der Waals surface area (Å²) < 4.78 is 6.14. The second-order valence-electron chi connectivity index (χ2n) is 5.02. The fourth-order valence-corrected chi connectivity index (χ4v) is 2.39. The van der Waals surface area contributed by atoms with Gasteiger partial charge in [0, 0.05) is 26.2 Å². The standard InChI is InChI=1S/C14H19N3O4/c1-3-21-14(20)10-5-4-8-17(9-10)13(19)11-6-7-12(18)16(2)15-11/h6-7,10H,3-5,8-9H2,1-2H3/t10-/m0/s1. The number of rotatable bonds is 3. The fourth-order valence-electron chi connectivity index (χ4n) is 2.39. The lowest BCUT2D eigenvalue weighted by Crippen LogP contribution is -2.43. The first-order valence-electron chi connectivity index (χ1n) is 7.03. The number of likely N-dealkylation sites (tertiary alicyclic amines) is 1. The largest absolute Gasteiger partial charge is 0.466 e. The van der Waals surface area contributed by atoms with Crippen molar-refractivity contribution in [2.24, 2.45) is 13.0 Å². The van der Waals surface area contributed by atoms with Crippen LogP contribution in [0.2, 0.25) is 0 Å². The summed E-state index contributed by atoms with van der Waals surface area (Å²) in [4.78, 5) is 37.1. The van der Waals surface area contributed by atoms with E-state index in [1.54, 1.807) is 11.8 Å². The van der Waals surface area contributed by atoms with E-state index in [4.69, 9.17) is 4.74 Å². The number of aromatic nitrogens is 2. The zero-order chi connectivity index (χ0) is 15.4. The van der Waals surface area contributed by atoms with Crippen molar-refractivity contribution >= 4 is 11.9 Å². The first-order valence-corrected chi connectivity index (χ1v) is 7.03. The lowest BCUT2D eigenvalue weighted by molar-refractivity contribution is -0.149. The Bertz CT molecular complexity index is 596. The fraction of sp³-hybridized carbons (Fsp3) is 0.571. The van der Waals surface area contributed by atoms with Crippen molar-refractivity contribution in [3.05, 3.63) is 28.2 Å². The van der Waals surface area contributed by atoms with Crippen LogP contribution in [0.4, 0.5) is 0 Å². The molecule has 1 amide bonds. The molecule has 0 radical (unpaired) electrons. The molecule has 1 saturated heterocycles. The van der Waals surface area contributed by atoms with E-state index >= 15 is 0 Å². The molecule has 1 fully saturated rings. The molecule has 1 aromatic rings. The Hall–Kier alpha value is -2.18. The van der Waals surface area contributed by atoms with Gasteiger partial charge in [0.2, 0.25) is 0 Å². The summed E-state index contributed by atoms with van der Waals surface area (Å²) >= 11 is 0. The van der Waals surface area contributed by atoms with Gasteiger partial charge in [-0.05, 0) is 25.8 Å². The minimum absolute atomic E-state index is 0.210. The number of amides is 1. The smallest absolute Gasteiger partial charge is 0.310 e. The van der Waals surface area contributed by atoms with Crippen LogP contribution in [0.3, 0.4) is 0 Å². The van der Waals surface area contributed by atoms with Crippen LogP contribution in [0.15, 0.2) is 16.9 Å². The van der Waals surface area contributed by atoms with Crippen molar-refractivity contribution in [3.8, 4) is 0 Å². The number of hydrogen-bond acceptors (Lipinski definition) is 5. The Morgan fingerprint density at radius 3 is 2.86 bits per heavy atom. The quantitative estimate of drug-likeness (QED) is 0.743. The average Bonchev–Trinajstić information content (AvgIpc) is 2.49. The highest BCUT2D eigenvalue weighted by atomic mass is 16.5. The van der Waals surface area contributed by atoms with Crippen LogP contribution in [0, 0.1) is 5.92 Å². The number of nitrogens with zero attached hydrogens (tertiary/aromatic N) is 3. The molecule has 1 aliphatic heterocycles. The highest BCUT2D eigenvalue weighted by molar-refractivity contribution is 5.92. The Morgan fingerprint density at radius 2 is 2.19 bits per heavy atom. The molecule has 2 rings (SSSR count). The van der Waals surface area contributed by atoms with Gasteiger partial charge >= 0.3 is 5.97 Å². The molecule has 1 aromatic heterocycles. The summed E-state index contributed by atoms with van der Waals surface area (Å²) in [6.07, 6.45) is 1.48. The zero-order valence-corrected chi connectivity index (χ0v) is 12.2. The average molecular weight is 293 g/mol. The van der Waals surface area contributed by atoms with Crippen molar-refractivity contribution < 1.29 is 14.3 Å². The maximum Gasteiger partial charge on any atom is 0.310 e. The molecule has 7 nitrogen and oxygen atoms in total. The maximum atomic E-state index is 12.4. The molecule has 0 bridgehead atoms. The van der Waals surface area contributed by atoms with E-state index in [0.29, 0.717) is 19.7 Å². The number of carbonyl (C=O) groups is 2. The molecular weight excluding hydrogens is 274 g/mol. The zero-order valence-electron chi connectivity index (χ0n) is 12.2. The van der Waals surface area contributed by atoms with Gasteiger partial charge in [0.25, 0.3) is 11.5 Å². The minimum Gasteiger partial charge on any atom is -0.466 e. The van der Waals surface area contributed by atoms with E-state index in [2.05, 4.69) is 5.10 Å². The van der Waals surface area contributed by atoms with Crippen LogP contribution < -0.4 is 5.56 Å². The number of ether oxygens (including phenoxy) is 1. The van der Waals surface area contributed by atoms with Crippen LogP contribution in [0.25, 0.3) is 0 Å². The topological polar surface area (TPSA) is 81.5 Å². The van der Waals surface area contributed by atoms with Gasteiger partial charge in [-0.3, -0.25) is 14.4 Å². The van der Waals surface area contributed by atoms with Crippen LogP contribution in [0.1, 0.15) is 30.3 Å². The summed E-state index contributed by atoms with van der Waals surface area (Å²) in [5.74, 6) is -0.807. The lowest BCUT2D eigenvalue weighted by atomic mass is 9.98. The molecule has 21 heavy (non-hydrogen) atoms. The van der Waals surface area contributed by atoms with Crippen molar-refractivity contribution in [1.29, 1.82) is 0 Å². The molecule has 7 heteroatoms. The molecule has 114 valence electrons. The molecule has 0 saturated carbocycles. The van der Waals surface area contributed by atoms with Gasteiger partial charge in [-0.25, -0.2) is 4.68 Å². The molecule has 0 aliphatic carbocycles. The Kier molecular flexibility index (Phi) is 4.72. The van der Waals surface area contributed by atoms with Gasteiger partial charge in [0.05, 0.1) is 12.5 Å². The van der Waals surface area contributed by atoms with E-state index in [1.807, 2.05) is 0 Å². The van der Waals surface area contributed by atoms with Gasteiger partial charge in [0.1, 0.15) is 5.69 Å². The second-order valence-corrected chi connectivity index (χ2v) is 5.02. The number of carbonyl (C=O) groups excluding carboxylic acids is 2. The number of hydrogen-bond donors (Lipinski definition) is 0. The first-order chi connectivity index (χ1) is 10.0. The van der Waals surface area contributed by atoms with E-state index in [9.17, 15) is 14.4 Å². The molecule has 2 heterocycles. The van der Waals surface area contributed by atoms with E-state index in [-0.39, 0.29) is 29.0 Å². The predicted octanol–water partition coefficient (Wildman–Crippen LogP) is 0.196. The summed E-state index contributed by atoms with van der Waals surface area (Å²) in [5.41, 5.74) is -0.0591. The number of esters is 1. The minimum atomic E-state index is -0.282. The first kappa shape index (κ1) is 15.2. The Morgan fingerprint density at radius 1 is 1.43 bits per heavy atom. The lowest BCUT2D eigenvalue weighted by Gasteiger charge is -2.31. The normalized spacial score (nSPS) is 18.4. The van der Waals surface area contributed by atoms with Crippen molar-refractivity contribution in [3.63, 3.8) is 0 Å². The second kappa shape index (κ2) is 6.51. The summed E-state index contributed by atoms with van der Waals surface area (Å²) in [6.45, 7) is 3.02. The van der Waals surface area contributed by atoms with Crippen LogP contribution >= 0.6 is 0 Å². The van der Waals surface area contributed by atoms with Gasteiger partial charge in [-0.2, -0.15) is 5.10 Å². The molecule has 0 spiro atoms. The Labute approximate surface area is 122 Å². The van der Waals surface area contributed by atoms with Gasteiger partial charge in [0.15, 0.2) is 0 Å². The monoisotopic (exact) mass is 293 g/mol. The Balaban J connectivity index is 2.09. The van der Waals surface area contributed by atoms with E-state index in [0.717, 1.165) is 17.5 Å². The molecule has 1 aliphatic rings. The summed E-state index contributed by atoms with van der Waals surface area (Å²) in [5, 5.41) is 3.95. The van der Waals surface area contributed by atoms with E-state index < -0.39 is 0 Å². The predicted molar refractivity (Wildman–Crippen MR) is 74.7 cm³/mol. The number of piperidine rings is 1. The molecular formula is C14H19N3O4. The van der Waals surface area contributed by atoms with Crippen LogP contribution in [0.5, 0.6) is 0 Å². The van der Waals surface area contributed by atoms with Gasteiger partial charge in [-0.15, -0.1) is 0 Å². The number of aryl methyl sites for hydroxylation is 1. The van der Waals surface area contributed by atoms with Gasteiger partial charge in [-0.1, -0.05) is 0 Å².